The summed E-state index contributed by atoms with van der Waals surface area (Å²) < 4.78 is 0. The molecule has 0 fully saturated rings. The van der Waals surface area contributed by atoms with E-state index in [1.807, 2.05) is 24.1 Å². The molecule has 0 spiro atoms. The predicted octanol–water partition coefficient (Wildman–Crippen LogP) is 2.65. The highest BCUT2D eigenvalue weighted by atomic mass is 32.1. The standard InChI is InChI=1S/C12H11N3S/c1-15(8-10-4-6-16-9-10)12-3-2-5-14-11(12)7-13/h2-6,9H,8H2,1H3. The molecule has 2 aromatic heterocycles. The van der Waals surface area contributed by atoms with E-state index in [2.05, 4.69) is 27.9 Å². The van der Waals surface area contributed by atoms with Crippen molar-refractivity contribution in [2.45, 2.75) is 6.54 Å². The molecule has 3 nitrogen and oxygen atoms in total. The van der Waals surface area contributed by atoms with Crippen LogP contribution in [0.4, 0.5) is 5.69 Å². The maximum atomic E-state index is 8.96. The normalized spacial score (nSPS) is 9.75. The van der Waals surface area contributed by atoms with Gasteiger partial charge >= 0.3 is 0 Å². The number of pyridine rings is 1. The minimum absolute atomic E-state index is 0.472. The zero-order valence-electron chi connectivity index (χ0n) is 8.92. The summed E-state index contributed by atoms with van der Waals surface area (Å²) in [6.07, 6.45) is 1.64. The Morgan fingerprint density at radius 2 is 2.38 bits per heavy atom. The largest absolute Gasteiger partial charge is 0.368 e. The lowest BCUT2D eigenvalue weighted by Crippen LogP contribution is -2.17. The van der Waals surface area contributed by atoms with Crippen molar-refractivity contribution in [1.29, 1.82) is 5.26 Å². The maximum absolute atomic E-state index is 8.96. The van der Waals surface area contributed by atoms with E-state index in [9.17, 15) is 0 Å². The molecule has 0 saturated heterocycles. The quantitative estimate of drug-likeness (QED) is 0.812. The van der Waals surface area contributed by atoms with Crippen molar-refractivity contribution in [2.24, 2.45) is 0 Å². The van der Waals surface area contributed by atoms with Gasteiger partial charge in [-0.05, 0) is 34.5 Å². The molecule has 4 heteroatoms. The lowest BCUT2D eigenvalue weighted by Gasteiger charge is -2.18. The van der Waals surface area contributed by atoms with Gasteiger partial charge in [-0.1, -0.05) is 0 Å². The van der Waals surface area contributed by atoms with E-state index < -0.39 is 0 Å². The van der Waals surface area contributed by atoms with Crippen LogP contribution < -0.4 is 4.90 Å². The molecule has 0 aliphatic heterocycles. The summed E-state index contributed by atoms with van der Waals surface area (Å²) in [6.45, 7) is 0.796. The first-order chi connectivity index (χ1) is 7.81. The molecule has 0 amide bonds. The van der Waals surface area contributed by atoms with Crippen molar-refractivity contribution in [1.82, 2.24) is 4.98 Å². The van der Waals surface area contributed by atoms with Gasteiger partial charge in [0.1, 0.15) is 6.07 Å². The first-order valence-electron chi connectivity index (χ1n) is 4.88. The molecule has 0 N–H and O–H groups in total. The van der Waals surface area contributed by atoms with Gasteiger partial charge in [0.2, 0.25) is 0 Å². The van der Waals surface area contributed by atoms with Crippen LogP contribution in [-0.4, -0.2) is 12.0 Å². The Hall–Kier alpha value is -1.86. The highest BCUT2D eigenvalue weighted by Gasteiger charge is 2.08. The van der Waals surface area contributed by atoms with Crippen LogP contribution >= 0.6 is 11.3 Å². The van der Waals surface area contributed by atoms with Gasteiger partial charge in [0.15, 0.2) is 5.69 Å². The molecule has 0 bridgehead atoms. The molecule has 0 aromatic carbocycles. The third-order valence-corrected chi connectivity index (χ3v) is 3.04. The smallest absolute Gasteiger partial charge is 0.163 e. The van der Waals surface area contributed by atoms with E-state index in [1.54, 1.807) is 17.5 Å². The van der Waals surface area contributed by atoms with E-state index in [0.717, 1.165) is 12.2 Å². The molecule has 80 valence electrons. The molecular formula is C12H11N3S. The molecule has 2 heterocycles. The zero-order chi connectivity index (χ0) is 11.4. The average Bonchev–Trinajstić information content (AvgIpc) is 2.81. The molecule has 0 saturated carbocycles. The van der Waals surface area contributed by atoms with Gasteiger partial charge in [-0.3, -0.25) is 0 Å². The minimum Gasteiger partial charge on any atom is -0.368 e. The van der Waals surface area contributed by atoms with Crippen molar-refractivity contribution in [3.05, 3.63) is 46.4 Å². The Balaban J connectivity index is 2.21. The van der Waals surface area contributed by atoms with Crippen LogP contribution in [0.25, 0.3) is 0 Å². The number of nitriles is 1. The molecule has 0 radical (unpaired) electrons. The fourth-order valence-corrected chi connectivity index (χ4v) is 2.19. The van der Waals surface area contributed by atoms with Crippen LogP contribution in [0.3, 0.4) is 0 Å². The number of rotatable bonds is 3. The zero-order valence-corrected chi connectivity index (χ0v) is 9.74. The minimum atomic E-state index is 0.472. The summed E-state index contributed by atoms with van der Waals surface area (Å²) in [5.74, 6) is 0. The van der Waals surface area contributed by atoms with Crippen molar-refractivity contribution >= 4 is 17.0 Å². The highest BCUT2D eigenvalue weighted by molar-refractivity contribution is 7.07. The first-order valence-corrected chi connectivity index (χ1v) is 5.83. The van der Waals surface area contributed by atoms with Gasteiger partial charge in [0.05, 0.1) is 5.69 Å². The summed E-state index contributed by atoms with van der Waals surface area (Å²) in [5.41, 5.74) is 2.59. The van der Waals surface area contributed by atoms with Crippen LogP contribution in [0.5, 0.6) is 0 Å². The second kappa shape index (κ2) is 4.77. The van der Waals surface area contributed by atoms with Gasteiger partial charge in [0.25, 0.3) is 0 Å². The molecule has 0 unspecified atom stereocenters. The van der Waals surface area contributed by atoms with Gasteiger partial charge in [-0.2, -0.15) is 16.6 Å². The van der Waals surface area contributed by atoms with E-state index in [-0.39, 0.29) is 0 Å². The van der Waals surface area contributed by atoms with E-state index in [0.29, 0.717) is 5.69 Å². The Bertz CT molecular complexity index is 499. The average molecular weight is 229 g/mol. The van der Waals surface area contributed by atoms with E-state index in [4.69, 9.17) is 5.26 Å². The second-order valence-electron chi connectivity index (χ2n) is 3.47. The van der Waals surface area contributed by atoms with Gasteiger partial charge in [-0.15, -0.1) is 0 Å². The van der Waals surface area contributed by atoms with Gasteiger partial charge in [0, 0.05) is 19.8 Å². The van der Waals surface area contributed by atoms with Gasteiger partial charge in [-0.25, -0.2) is 4.98 Å². The monoisotopic (exact) mass is 229 g/mol. The lowest BCUT2D eigenvalue weighted by molar-refractivity contribution is 0.918. The number of hydrogen-bond acceptors (Lipinski definition) is 4. The fourth-order valence-electron chi connectivity index (χ4n) is 1.53. The summed E-state index contributed by atoms with van der Waals surface area (Å²) in [4.78, 5) is 6.08. The van der Waals surface area contributed by atoms with Crippen molar-refractivity contribution in [3.63, 3.8) is 0 Å². The Morgan fingerprint density at radius 1 is 1.50 bits per heavy atom. The molecule has 0 aliphatic rings. The SMILES string of the molecule is CN(Cc1ccsc1)c1cccnc1C#N. The number of anilines is 1. The fraction of sp³-hybridized carbons (Fsp3) is 0.167. The van der Waals surface area contributed by atoms with Crippen LogP contribution in [0.2, 0.25) is 0 Å². The molecule has 16 heavy (non-hydrogen) atoms. The highest BCUT2D eigenvalue weighted by Crippen LogP contribution is 2.19. The predicted molar refractivity (Wildman–Crippen MR) is 65.4 cm³/mol. The molecule has 2 aromatic rings. The first kappa shape index (κ1) is 10.7. The molecule has 0 aliphatic carbocycles. The number of nitrogens with zero attached hydrogens (tertiary/aromatic N) is 3. The van der Waals surface area contributed by atoms with E-state index >= 15 is 0 Å². The Labute approximate surface area is 98.6 Å². The summed E-state index contributed by atoms with van der Waals surface area (Å²) in [6, 6.07) is 7.95. The molecule has 0 atom stereocenters. The maximum Gasteiger partial charge on any atom is 0.163 e. The molecular weight excluding hydrogens is 218 g/mol. The third-order valence-electron chi connectivity index (χ3n) is 2.30. The Morgan fingerprint density at radius 3 is 3.06 bits per heavy atom. The summed E-state index contributed by atoms with van der Waals surface area (Å²) in [5, 5.41) is 13.1. The number of aromatic nitrogens is 1. The van der Waals surface area contributed by atoms with Crippen LogP contribution in [0.15, 0.2) is 35.2 Å². The number of hydrogen-bond donors (Lipinski definition) is 0. The van der Waals surface area contributed by atoms with Crippen molar-refractivity contribution in [2.75, 3.05) is 11.9 Å². The number of thiophene rings is 1. The van der Waals surface area contributed by atoms with Crippen LogP contribution in [0.1, 0.15) is 11.3 Å². The lowest BCUT2D eigenvalue weighted by atomic mass is 10.2. The van der Waals surface area contributed by atoms with Crippen LogP contribution in [-0.2, 0) is 6.54 Å². The second-order valence-corrected chi connectivity index (χ2v) is 4.25. The third kappa shape index (κ3) is 2.20. The van der Waals surface area contributed by atoms with Crippen LogP contribution in [0, 0.1) is 11.3 Å². The van der Waals surface area contributed by atoms with E-state index in [1.165, 1.54) is 5.56 Å². The topological polar surface area (TPSA) is 39.9 Å². The summed E-state index contributed by atoms with van der Waals surface area (Å²) >= 11 is 1.68. The van der Waals surface area contributed by atoms with Crippen molar-refractivity contribution in [3.8, 4) is 6.07 Å². The van der Waals surface area contributed by atoms with Gasteiger partial charge < -0.3 is 4.90 Å². The van der Waals surface area contributed by atoms with Crippen molar-refractivity contribution < 1.29 is 0 Å². The molecule has 2 rings (SSSR count). The Kier molecular flexibility index (Phi) is 3.18. The summed E-state index contributed by atoms with van der Waals surface area (Å²) in [7, 11) is 1.97.